The quantitative estimate of drug-likeness (QED) is 0.887. The van der Waals surface area contributed by atoms with Crippen LogP contribution in [0.15, 0.2) is 10.5 Å². The normalized spacial score (nSPS) is 13.2. The van der Waals surface area contributed by atoms with Crippen LogP contribution < -0.4 is 5.73 Å². The number of halogens is 1. The molecule has 0 fully saturated rings. The lowest BCUT2D eigenvalue weighted by molar-refractivity contribution is 0.443. The number of hydrogen-bond donors (Lipinski definition) is 2. The zero-order chi connectivity index (χ0) is 12.5. The summed E-state index contributed by atoms with van der Waals surface area (Å²) in [6.45, 7) is 8.23. The Balaban J connectivity index is 3.18. The Morgan fingerprint density at radius 1 is 1.38 bits per heavy atom. The van der Waals surface area contributed by atoms with Gasteiger partial charge in [0.2, 0.25) is 0 Å². The van der Waals surface area contributed by atoms with Gasteiger partial charge < -0.3 is 10.8 Å². The molecule has 0 amide bonds. The maximum atomic E-state index is 9.98. The van der Waals surface area contributed by atoms with Crippen molar-refractivity contribution in [3.8, 4) is 5.75 Å². The molecule has 0 aliphatic rings. The van der Waals surface area contributed by atoms with Gasteiger partial charge in [-0.25, -0.2) is 0 Å². The molecule has 1 aromatic rings. The van der Waals surface area contributed by atoms with E-state index in [0.717, 1.165) is 27.6 Å². The van der Waals surface area contributed by atoms with Crippen LogP contribution in [0.1, 0.15) is 43.0 Å². The zero-order valence-electron chi connectivity index (χ0n) is 10.3. The SMILES string of the molecule is Cc1cc(O)c([C@H](N)CC(C)C)c(C)c1Br. The molecule has 0 spiro atoms. The van der Waals surface area contributed by atoms with Crippen LogP contribution in [0, 0.1) is 19.8 Å². The topological polar surface area (TPSA) is 46.2 Å². The summed E-state index contributed by atoms with van der Waals surface area (Å²) in [5.74, 6) is 0.834. The van der Waals surface area contributed by atoms with Crippen molar-refractivity contribution < 1.29 is 5.11 Å². The Labute approximate surface area is 106 Å². The van der Waals surface area contributed by atoms with Crippen molar-refractivity contribution in [3.63, 3.8) is 0 Å². The minimum atomic E-state index is -0.100. The van der Waals surface area contributed by atoms with Gasteiger partial charge in [-0.2, -0.15) is 0 Å². The first kappa shape index (κ1) is 13.5. The summed E-state index contributed by atoms with van der Waals surface area (Å²) in [6.07, 6.45) is 0.879. The molecule has 16 heavy (non-hydrogen) atoms. The molecule has 0 saturated heterocycles. The van der Waals surface area contributed by atoms with Gasteiger partial charge in [-0.15, -0.1) is 0 Å². The fourth-order valence-electron chi connectivity index (χ4n) is 2.05. The summed E-state index contributed by atoms with van der Waals surface area (Å²) in [4.78, 5) is 0. The third-order valence-electron chi connectivity index (χ3n) is 2.80. The van der Waals surface area contributed by atoms with Crippen LogP contribution in [0.3, 0.4) is 0 Å². The van der Waals surface area contributed by atoms with Crippen LogP contribution in [0.5, 0.6) is 5.75 Å². The van der Waals surface area contributed by atoms with E-state index in [0.29, 0.717) is 11.7 Å². The van der Waals surface area contributed by atoms with Crippen molar-refractivity contribution in [2.24, 2.45) is 11.7 Å². The third kappa shape index (κ3) is 2.77. The molecule has 90 valence electrons. The van der Waals surface area contributed by atoms with Gasteiger partial charge in [0.25, 0.3) is 0 Å². The second-order valence-corrected chi connectivity index (χ2v) is 5.59. The average Bonchev–Trinajstić information content (AvgIpc) is 2.13. The molecule has 1 atom stereocenters. The van der Waals surface area contributed by atoms with E-state index in [4.69, 9.17) is 5.73 Å². The number of nitrogens with two attached hydrogens (primary N) is 1. The molecular weight excluding hydrogens is 266 g/mol. The molecule has 0 aromatic heterocycles. The van der Waals surface area contributed by atoms with E-state index in [9.17, 15) is 5.11 Å². The summed E-state index contributed by atoms with van der Waals surface area (Å²) in [5.41, 5.74) is 9.09. The van der Waals surface area contributed by atoms with Crippen molar-refractivity contribution in [2.45, 2.75) is 40.2 Å². The number of rotatable bonds is 3. The summed E-state index contributed by atoms with van der Waals surface area (Å²) in [5, 5.41) is 9.98. The van der Waals surface area contributed by atoms with Gasteiger partial charge in [-0.05, 0) is 43.4 Å². The number of hydrogen-bond acceptors (Lipinski definition) is 2. The second-order valence-electron chi connectivity index (χ2n) is 4.80. The van der Waals surface area contributed by atoms with Crippen LogP contribution in [0.2, 0.25) is 0 Å². The van der Waals surface area contributed by atoms with Gasteiger partial charge in [0, 0.05) is 16.1 Å². The minimum absolute atomic E-state index is 0.100. The molecule has 0 aliphatic heterocycles. The first-order valence-corrected chi connectivity index (χ1v) is 6.38. The predicted molar refractivity (Wildman–Crippen MR) is 71.7 cm³/mol. The van der Waals surface area contributed by atoms with Crippen molar-refractivity contribution in [1.29, 1.82) is 0 Å². The van der Waals surface area contributed by atoms with E-state index >= 15 is 0 Å². The minimum Gasteiger partial charge on any atom is -0.508 e. The number of phenolic OH excluding ortho intramolecular Hbond substituents is 1. The molecule has 3 N–H and O–H groups in total. The van der Waals surface area contributed by atoms with Gasteiger partial charge in [0.15, 0.2) is 0 Å². The summed E-state index contributed by atoms with van der Waals surface area (Å²) in [7, 11) is 0. The highest BCUT2D eigenvalue weighted by Crippen LogP contribution is 2.36. The van der Waals surface area contributed by atoms with Gasteiger partial charge in [0.05, 0.1) is 0 Å². The Morgan fingerprint density at radius 3 is 2.44 bits per heavy atom. The Hall–Kier alpha value is -0.540. The maximum Gasteiger partial charge on any atom is 0.120 e. The molecule has 1 aromatic carbocycles. The lowest BCUT2D eigenvalue weighted by Crippen LogP contribution is -2.15. The van der Waals surface area contributed by atoms with Crippen LogP contribution in [-0.4, -0.2) is 5.11 Å². The van der Waals surface area contributed by atoms with Gasteiger partial charge >= 0.3 is 0 Å². The Morgan fingerprint density at radius 2 is 1.94 bits per heavy atom. The maximum absolute atomic E-state index is 9.98. The van der Waals surface area contributed by atoms with E-state index in [2.05, 4.69) is 29.8 Å². The van der Waals surface area contributed by atoms with Crippen molar-refractivity contribution in [1.82, 2.24) is 0 Å². The monoisotopic (exact) mass is 285 g/mol. The molecule has 2 nitrogen and oxygen atoms in total. The molecule has 3 heteroatoms. The zero-order valence-corrected chi connectivity index (χ0v) is 11.9. The average molecular weight is 286 g/mol. The predicted octanol–water partition coefficient (Wildman–Crippen LogP) is 3.82. The highest BCUT2D eigenvalue weighted by molar-refractivity contribution is 9.10. The van der Waals surface area contributed by atoms with Crippen molar-refractivity contribution in [2.75, 3.05) is 0 Å². The highest BCUT2D eigenvalue weighted by atomic mass is 79.9. The molecule has 0 unspecified atom stereocenters. The van der Waals surface area contributed by atoms with E-state index in [1.54, 1.807) is 6.07 Å². The third-order valence-corrected chi connectivity index (χ3v) is 4.02. The van der Waals surface area contributed by atoms with Crippen LogP contribution in [-0.2, 0) is 0 Å². The van der Waals surface area contributed by atoms with Crippen LogP contribution in [0.4, 0.5) is 0 Å². The summed E-state index contributed by atoms with van der Waals surface area (Å²) in [6, 6.07) is 1.67. The van der Waals surface area contributed by atoms with E-state index in [-0.39, 0.29) is 6.04 Å². The molecule has 0 bridgehead atoms. The lowest BCUT2D eigenvalue weighted by Gasteiger charge is -2.20. The van der Waals surface area contributed by atoms with E-state index < -0.39 is 0 Å². The fraction of sp³-hybridized carbons (Fsp3) is 0.538. The van der Waals surface area contributed by atoms with Crippen LogP contribution >= 0.6 is 15.9 Å². The molecule has 0 radical (unpaired) electrons. The van der Waals surface area contributed by atoms with Gasteiger partial charge in [0.1, 0.15) is 5.75 Å². The van der Waals surface area contributed by atoms with Gasteiger partial charge in [-0.3, -0.25) is 0 Å². The standard InChI is InChI=1S/C13H20BrNO/c1-7(2)5-10(15)12-9(4)13(14)8(3)6-11(12)16/h6-7,10,16H,5,15H2,1-4H3/t10-/m1/s1. The number of benzene rings is 1. The molecular formula is C13H20BrNO. The van der Waals surface area contributed by atoms with E-state index in [1.807, 2.05) is 13.8 Å². The Bertz CT molecular complexity index is 388. The van der Waals surface area contributed by atoms with Crippen molar-refractivity contribution in [3.05, 3.63) is 27.2 Å². The van der Waals surface area contributed by atoms with Crippen molar-refractivity contribution >= 4 is 15.9 Å². The Kier molecular flexibility index (Phi) is 4.39. The molecule has 1 rings (SSSR count). The first-order chi connectivity index (χ1) is 7.34. The fourth-order valence-corrected chi connectivity index (χ4v) is 2.37. The number of aryl methyl sites for hydroxylation is 1. The van der Waals surface area contributed by atoms with Gasteiger partial charge in [-0.1, -0.05) is 29.8 Å². The molecule has 0 saturated carbocycles. The summed E-state index contributed by atoms with van der Waals surface area (Å²) >= 11 is 3.53. The first-order valence-electron chi connectivity index (χ1n) is 5.58. The second kappa shape index (κ2) is 5.19. The van der Waals surface area contributed by atoms with E-state index in [1.165, 1.54) is 0 Å². The molecule has 0 heterocycles. The lowest BCUT2D eigenvalue weighted by atomic mass is 9.93. The molecule has 0 aliphatic carbocycles. The highest BCUT2D eigenvalue weighted by Gasteiger charge is 2.18. The smallest absolute Gasteiger partial charge is 0.120 e. The van der Waals surface area contributed by atoms with Crippen LogP contribution in [0.25, 0.3) is 0 Å². The summed E-state index contributed by atoms with van der Waals surface area (Å²) < 4.78 is 1.04. The largest absolute Gasteiger partial charge is 0.508 e. The number of aromatic hydroxyl groups is 1. The number of phenols is 1.